The Morgan fingerprint density at radius 1 is 0.795 bits per heavy atom. The van der Waals surface area contributed by atoms with E-state index in [2.05, 4.69) is 13.0 Å². The number of rotatable bonds is 12. The largest absolute Gasteiger partial charge is 0.352 e. The molecule has 1 aliphatic heterocycles. The average Bonchev–Trinajstić information content (AvgIpc) is 2.96. The predicted octanol–water partition coefficient (Wildman–Crippen LogP) is 9.76. The standard InChI is InChI=1S/C34H39F3O2/c1-3-5-7-8-10-11-26-17-20-30(34(37)33(26)36)25-15-13-24(14-16-25)29-19-18-27(21-31(29)35)28-22-38-32(39-23-28)12-9-6-4-2/h4,6,13-21,28,32H,3,5,7-12,22-23H2,1-2H3/b6-4+. The Balaban J connectivity index is 1.40. The molecule has 0 atom stereocenters. The molecule has 1 fully saturated rings. The summed E-state index contributed by atoms with van der Waals surface area (Å²) in [5, 5.41) is 0. The molecule has 0 radical (unpaired) electrons. The number of allylic oxidation sites excluding steroid dienone is 2. The summed E-state index contributed by atoms with van der Waals surface area (Å²) in [6, 6.07) is 15.4. The van der Waals surface area contributed by atoms with Gasteiger partial charge in [0.25, 0.3) is 0 Å². The van der Waals surface area contributed by atoms with Crippen LogP contribution in [0.1, 0.15) is 75.8 Å². The Labute approximate surface area is 230 Å². The Morgan fingerprint density at radius 3 is 2.13 bits per heavy atom. The molecule has 2 nitrogen and oxygen atoms in total. The molecule has 1 saturated heterocycles. The Bertz CT molecular complexity index is 1230. The van der Waals surface area contributed by atoms with Crippen LogP contribution in [0, 0.1) is 17.5 Å². The van der Waals surface area contributed by atoms with E-state index in [4.69, 9.17) is 9.47 Å². The minimum atomic E-state index is -0.828. The van der Waals surface area contributed by atoms with Crippen LogP contribution in [0.3, 0.4) is 0 Å². The van der Waals surface area contributed by atoms with Crippen molar-refractivity contribution in [2.45, 2.75) is 77.4 Å². The van der Waals surface area contributed by atoms with Gasteiger partial charge in [0.2, 0.25) is 0 Å². The normalized spacial score (nSPS) is 17.7. The van der Waals surface area contributed by atoms with Gasteiger partial charge in [0.15, 0.2) is 17.9 Å². The molecule has 0 unspecified atom stereocenters. The average molecular weight is 537 g/mol. The fraction of sp³-hybridized carbons (Fsp3) is 0.412. The van der Waals surface area contributed by atoms with Gasteiger partial charge >= 0.3 is 0 Å². The molecule has 3 aromatic rings. The van der Waals surface area contributed by atoms with Crippen molar-refractivity contribution >= 4 is 0 Å². The van der Waals surface area contributed by atoms with Gasteiger partial charge in [-0.05, 0) is 54.5 Å². The molecule has 0 aromatic heterocycles. The summed E-state index contributed by atoms with van der Waals surface area (Å²) < 4.78 is 56.5. The number of aryl methyl sites for hydroxylation is 1. The van der Waals surface area contributed by atoms with Crippen LogP contribution in [0.5, 0.6) is 0 Å². The van der Waals surface area contributed by atoms with Crippen LogP contribution in [0.15, 0.2) is 66.7 Å². The molecule has 1 aliphatic rings. The van der Waals surface area contributed by atoms with Gasteiger partial charge in [-0.2, -0.15) is 0 Å². The van der Waals surface area contributed by atoms with Crippen LogP contribution in [0.2, 0.25) is 0 Å². The minimum absolute atomic E-state index is 0.0222. The van der Waals surface area contributed by atoms with Crippen molar-refractivity contribution in [3.63, 3.8) is 0 Å². The van der Waals surface area contributed by atoms with Crippen molar-refractivity contribution in [1.29, 1.82) is 0 Å². The van der Waals surface area contributed by atoms with Gasteiger partial charge in [-0.15, -0.1) is 0 Å². The highest BCUT2D eigenvalue weighted by atomic mass is 19.2. The molecule has 1 heterocycles. The Morgan fingerprint density at radius 2 is 1.46 bits per heavy atom. The fourth-order valence-corrected chi connectivity index (χ4v) is 5.07. The highest BCUT2D eigenvalue weighted by Gasteiger charge is 2.24. The van der Waals surface area contributed by atoms with Crippen LogP contribution in [-0.4, -0.2) is 19.5 Å². The maximum atomic E-state index is 15.1. The van der Waals surface area contributed by atoms with Crippen molar-refractivity contribution in [3.8, 4) is 22.3 Å². The molecule has 0 bridgehead atoms. The summed E-state index contributed by atoms with van der Waals surface area (Å²) in [5.74, 6) is -1.96. The summed E-state index contributed by atoms with van der Waals surface area (Å²) in [6.07, 6.45) is 11.4. The molecule has 5 heteroatoms. The van der Waals surface area contributed by atoms with Gasteiger partial charge in [0.1, 0.15) is 5.82 Å². The summed E-state index contributed by atoms with van der Waals surface area (Å²) in [7, 11) is 0. The molecular formula is C34H39F3O2. The molecular weight excluding hydrogens is 497 g/mol. The minimum Gasteiger partial charge on any atom is -0.352 e. The lowest BCUT2D eigenvalue weighted by molar-refractivity contribution is -0.189. The second-order valence-corrected chi connectivity index (χ2v) is 10.3. The predicted molar refractivity (Wildman–Crippen MR) is 152 cm³/mol. The molecule has 0 spiro atoms. The zero-order valence-electron chi connectivity index (χ0n) is 23.0. The molecule has 0 amide bonds. The van der Waals surface area contributed by atoms with Crippen LogP contribution in [0.25, 0.3) is 22.3 Å². The van der Waals surface area contributed by atoms with E-state index in [1.807, 2.05) is 19.1 Å². The summed E-state index contributed by atoms with van der Waals surface area (Å²) >= 11 is 0. The molecule has 0 saturated carbocycles. The first-order valence-electron chi connectivity index (χ1n) is 14.2. The monoisotopic (exact) mass is 536 g/mol. The van der Waals surface area contributed by atoms with E-state index in [1.165, 1.54) is 12.5 Å². The second kappa shape index (κ2) is 14.5. The van der Waals surface area contributed by atoms with Crippen molar-refractivity contribution < 1.29 is 22.6 Å². The third-order valence-electron chi connectivity index (χ3n) is 7.45. The smallest absolute Gasteiger partial charge is 0.166 e. The number of benzene rings is 3. The number of unbranched alkanes of at least 4 members (excludes halogenated alkanes) is 4. The molecule has 208 valence electrons. The van der Waals surface area contributed by atoms with E-state index in [0.29, 0.717) is 41.9 Å². The van der Waals surface area contributed by atoms with E-state index in [1.54, 1.807) is 42.5 Å². The topological polar surface area (TPSA) is 18.5 Å². The van der Waals surface area contributed by atoms with Gasteiger partial charge in [-0.1, -0.05) is 93.3 Å². The highest BCUT2D eigenvalue weighted by Crippen LogP contribution is 2.32. The molecule has 0 N–H and O–H groups in total. The van der Waals surface area contributed by atoms with Gasteiger partial charge < -0.3 is 9.47 Å². The van der Waals surface area contributed by atoms with Crippen LogP contribution in [-0.2, 0) is 15.9 Å². The number of hydrogen-bond acceptors (Lipinski definition) is 2. The number of ether oxygens (including phenoxy) is 2. The van der Waals surface area contributed by atoms with E-state index in [9.17, 15) is 8.78 Å². The quantitative estimate of drug-likeness (QED) is 0.169. The van der Waals surface area contributed by atoms with Crippen molar-refractivity contribution in [3.05, 3.63) is 95.3 Å². The van der Waals surface area contributed by atoms with Crippen molar-refractivity contribution in [2.24, 2.45) is 0 Å². The number of halogens is 3. The molecule has 4 rings (SSSR count). The van der Waals surface area contributed by atoms with E-state index >= 15 is 4.39 Å². The van der Waals surface area contributed by atoms with Crippen LogP contribution < -0.4 is 0 Å². The van der Waals surface area contributed by atoms with Crippen molar-refractivity contribution in [1.82, 2.24) is 0 Å². The summed E-state index contributed by atoms with van der Waals surface area (Å²) in [4.78, 5) is 0. The highest BCUT2D eigenvalue weighted by molar-refractivity contribution is 5.71. The first kappa shape index (κ1) is 29.1. The molecule has 39 heavy (non-hydrogen) atoms. The summed E-state index contributed by atoms with van der Waals surface area (Å²) in [6.45, 7) is 5.13. The molecule has 3 aromatic carbocycles. The first-order chi connectivity index (χ1) is 19.0. The van der Waals surface area contributed by atoms with Gasteiger partial charge in [0, 0.05) is 23.5 Å². The lowest BCUT2D eigenvalue weighted by atomic mass is 9.94. The first-order valence-corrected chi connectivity index (χ1v) is 14.2. The maximum Gasteiger partial charge on any atom is 0.166 e. The third kappa shape index (κ3) is 7.61. The SMILES string of the molecule is C/C=C/CCC1OCC(c2ccc(-c3ccc(-c4ccc(CCCCCCC)c(F)c4F)cc3)c(F)c2)CO1. The Kier molecular flexibility index (Phi) is 10.8. The zero-order chi connectivity index (χ0) is 27.6. The van der Waals surface area contributed by atoms with E-state index in [-0.39, 0.29) is 23.6 Å². The lowest BCUT2D eigenvalue weighted by Gasteiger charge is -2.29. The fourth-order valence-electron chi connectivity index (χ4n) is 5.07. The molecule has 0 aliphatic carbocycles. The van der Waals surface area contributed by atoms with Crippen LogP contribution >= 0.6 is 0 Å². The Hall–Kier alpha value is -2.89. The van der Waals surface area contributed by atoms with Gasteiger partial charge in [-0.3, -0.25) is 0 Å². The second-order valence-electron chi connectivity index (χ2n) is 10.3. The third-order valence-corrected chi connectivity index (χ3v) is 7.45. The van der Waals surface area contributed by atoms with Crippen LogP contribution in [0.4, 0.5) is 13.2 Å². The van der Waals surface area contributed by atoms with E-state index in [0.717, 1.165) is 44.1 Å². The summed E-state index contributed by atoms with van der Waals surface area (Å²) in [5.41, 5.74) is 3.16. The lowest BCUT2D eigenvalue weighted by Crippen LogP contribution is -2.30. The zero-order valence-corrected chi connectivity index (χ0v) is 23.0. The maximum absolute atomic E-state index is 15.1. The number of hydrogen-bond donors (Lipinski definition) is 0. The van der Waals surface area contributed by atoms with Crippen molar-refractivity contribution in [2.75, 3.05) is 13.2 Å². The van der Waals surface area contributed by atoms with Gasteiger partial charge in [0.05, 0.1) is 13.2 Å². The van der Waals surface area contributed by atoms with Gasteiger partial charge in [-0.25, -0.2) is 13.2 Å². The van der Waals surface area contributed by atoms with E-state index < -0.39 is 11.6 Å².